The number of fused-ring (bicyclic) bond motifs is 5. The Kier molecular flexibility index (Phi) is 7.07. The first-order valence-electron chi connectivity index (χ1n) is 17.4. The van der Waals surface area contributed by atoms with E-state index in [1.165, 1.54) is 65.6 Å². The summed E-state index contributed by atoms with van der Waals surface area (Å²) in [6, 6.07) is 64.2. The number of benzene rings is 8. The van der Waals surface area contributed by atoms with Gasteiger partial charge >= 0.3 is 0 Å². The van der Waals surface area contributed by atoms with Gasteiger partial charge in [0.2, 0.25) is 0 Å². The number of anilines is 3. The van der Waals surface area contributed by atoms with Crippen molar-refractivity contribution in [2.45, 2.75) is 26.3 Å². The van der Waals surface area contributed by atoms with Crippen molar-refractivity contribution >= 4 is 60.4 Å². The van der Waals surface area contributed by atoms with Crippen LogP contribution >= 0.6 is 0 Å². The molecule has 0 atom stereocenters. The third kappa shape index (κ3) is 4.95. The standard InChI is InChI=1S/C48H38N2/c1-48(2,3)50-45-22-12-11-21-42(45)43-31-29-38(32-46(43)50)49(44-23-13-18-33-14-7-9-19-39(33)44)37-27-24-35(25-28-37)41-30-26-34-15-8-10-20-40(34)47(41)36-16-5-4-6-17-36/h4-32H,1-3H3. The molecule has 0 spiro atoms. The van der Waals surface area contributed by atoms with E-state index in [0.29, 0.717) is 0 Å². The molecule has 0 aliphatic carbocycles. The first kappa shape index (κ1) is 30.0. The lowest BCUT2D eigenvalue weighted by molar-refractivity contribution is 0.423. The second-order valence-electron chi connectivity index (χ2n) is 14.2. The SMILES string of the molecule is CC(C)(C)n1c2ccccc2c2ccc(N(c3ccc(-c4ccc5ccccc5c4-c4ccccc4)cc3)c3cccc4ccccc34)cc21. The molecule has 0 bridgehead atoms. The van der Waals surface area contributed by atoms with E-state index in [0.717, 1.165) is 17.1 Å². The molecule has 0 aliphatic rings. The summed E-state index contributed by atoms with van der Waals surface area (Å²) in [4.78, 5) is 2.43. The Morgan fingerprint density at radius 1 is 0.420 bits per heavy atom. The monoisotopic (exact) mass is 642 g/mol. The predicted octanol–water partition coefficient (Wildman–Crippen LogP) is 13.7. The van der Waals surface area contributed by atoms with E-state index in [1.54, 1.807) is 0 Å². The van der Waals surface area contributed by atoms with Gasteiger partial charge in [-0.25, -0.2) is 0 Å². The molecular weight excluding hydrogens is 605 g/mol. The zero-order valence-corrected chi connectivity index (χ0v) is 28.6. The van der Waals surface area contributed by atoms with Crippen LogP contribution in [0.5, 0.6) is 0 Å². The Balaban J connectivity index is 1.25. The van der Waals surface area contributed by atoms with E-state index in [9.17, 15) is 0 Å². The fourth-order valence-electron chi connectivity index (χ4n) is 7.87. The molecule has 8 aromatic carbocycles. The Hall–Kier alpha value is -6.12. The maximum Gasteiger partial charge on any atom is 0.0540 e. The molecule has 1 aromatic heterocycles. The molecule has 240 valence electrons. The lowest BCUT2D eigenvalue weighted by Crippen LogP contribution is -2.21. The highest BCUT2D eigenvalue weighted by Crippen LogP contribution is 2.44. The normalized spacial score (nSPS) is 11.9. The highest BCUT2D eigenvalue weighted by molar-refractivity contribution is 6.10. The quantitative estimate of drug-likeness (QED) is 0.181. The molecule has 0 fully saturated rings. The molecule has 0 radical (unpaired) electrons. The number of aromatic nitrogens is 1. The van der Waals surface area contributed by atoms with Crippen LogP contribution < -0.4 is 4.90 Å². The average molecular weight is 643 g/mol. The molecular formula is C48H38N2. The van der Waals surface area contributed by atoms with E-state index in [2.05, 4.69) is 206 Å². The molecule has 0 unspecified atom stereocenters. The van der Waals surface area contributed by atoms with Gasteiger partial charge in [0.15, 0.2) is 0 Å². The number of hydrogen-bond donors (Lipinski definition) is 0. The van der Waals surface area contributed by atoms with E-state index >= 15 is 0 Å². The van der Waals surface area contributed by atoms with Gasteiger partial charge in [-0.15, -0.1) is 0 Å². The van der Waals surface area contributed by atoms with Gasteiger partial charge in [-0.1, -0.05) is 140 Å². The molecule has 50 heavy (non-hydrogen) atoms. The molecule has 2 heteroatoms. The van der Waals surface area contributed by atoms with Crippen molar-refractivity contribution < 1.29 is 0 Å². The predicted molar refractivity (Wildman–Crippen MR) is 215 cm³/mol. The average Bonchev–Trinajstić information content (AvgIpc) is 3.50. The number of hydrogen-bond acceptors (Lipinski definition) is 1. The fraction of sp³-hybridized carbons (Fsp3) is 0.0833. The van der Waals surface area contributed by atoms with Gasteiger partial charge in [-0.3, -0.25) is 0 Å². The molecule has 0 N–H and O–H groups in total. The van der Waals surface area contributed by atoms with E-state index < -0.39 is 0 Å². The van der Waals surface area contributed by atoms with Gasteiger partial charge < -0.3 is 9.47 Å². The van der Waals surface area contributed by atoms with Gasteiger partial charge in [0.1, 0.15) is 0 Å². The number of nitrogens with zero attached hydrogens (tertiary/aromatic N) is 2. The molecule has 1 heterocycles. The lowest BCUT2D eigenvalue weighted by Gasteiger charge is -2.28. The largest absolute Gasteiger partial charge is 0.335 e. The van der Waals surface area contributed by atoms with Gasteiger partial charge in [0.25, 0.3) is 0 Å². The van der Waals surface area contributed by atoms with Crippen molar-refractivity contribution in [1.82, 2.24) is 4.57 Å². The van der Waals surface area contributed by atoms with Gasteiger partial charge in [0, 0.05) is 38.6 Å². The lowest BCUT2D eigenvalue weighted by atomic mass is 9.90. The van der Waals surface area contributed by atoms with Crippen LogP contribution in [-0.4, -0.2) is 4.57 Å². The molecule has 9 rings (SSSR count). The van der Waals surface area contributed by atoms with Gasteiger partial charge in [-0.2, -0.15) is 0 Å². The summed E-state index contributed by atoms with van der Waals surface area (Å²) in [7, 11) is 0. The molecule has 0 aliphatic heterocycles. The van der Waals surface area contributed by atoms with Crippen LogP contribution in [0.2, 0.25) is 0 Å². The second kappa shape index (κ2) is 11.8. The van der Waals surface area contributed by atoms with Crippen LogP contribution in [0.4, 0.5) is 17.1 Å². The van der Waals surface area contributed by atoms with Crippen molar-refractivity contribution in [3.63, 3.8) is 0 Å². The van der Waals surface area contributed by atoms with Crippen LogP contribution in [-0.2, 0) is 5.54 Å². The topological polar surface area (TPSA) is 8.17 Å². The Morgan fingerprint density at radius 3 is 1.78 bits per heavy atom. The third-order valence-electron chi connectivity index (χ3n) is 10.0. The van der Waals surface area contributed by atoms with Crippen LogP contribution in [0.15, 0.2) is 176 Å². The molecule has 2 nitrogen and oxygen atoms in total. The Bertz CT molecular complexity index is 2670. The summed E-state index contributed by atoms with van der Waals surface area (Å²) in [6.07, 6.45) is 0. The number of para-hydroxylation sites is 1. The Labute approximate surface area is 293 Å². The minimum Gasteiger partial charge on any atom is -0.335 e. The van der Waals surface area contributed by atoms with Gasteiger partial charge in [-0.05, 0) is 95.6 Å². The van der Waals surface area contributed by atoms with E-state index in [1.807, 2.05) is 0 Å². The van der Waals surface area contributed by atoms with Crippen molar-refractivity contribution in [2.24, 2.45) is 0 Å². The van der Waals surface area contributed by atoms with Crippen LogP contribution in [0.25, 0.3) is 65.6 Å². The summed E-state index contributed by atoms with van der Waals surface area (Å²) >= 11 is 0. The first-order chi connectivity index (χ1) is 24.5. The van der Waals surface area contributed by atoms with Crippen LogP contribution in [0.3, 0.4) is 0 Å². The van der Waals surface area contributed by atoms with E-state index in [-0.39, 0.29) is 5.54 Å². The van der Waals surface area contributed by atoms with Crippen molar-refractivity contribution in [3.8, 4) is 22.3 Å². The zero-order valence-electron chi connectivity index (χ0n) is 28.6. The van der Waals surface area contributed by atoms with Crippen molar-refractivity contribution in [3.05, 3.63) is 176 Å². The molecule has 0 saturated heterocycles. The molecule has 0 saturated carbocycles. The maximum atomic E-state index is 2.50. The third-order valence-corrected chi connectivity index (χ3v) is 10.0. The summed E-state index contributed by atoms with van der Waals surface area (Å²) < 4.78 is 2.50. The molecule has 0 amide bonds. The van der Waals surface area contributed by atoms with Crippen molar-refractivity contribution in [1.29, 1.82) is 0 Å². The minimum atomic E-state index is -0.0950. The minimum absolute atomic E-state index is 0.0950. The summed E-state index contributed by atoms with van der Waals surface area (Å²) in [5.74, 6) is 0. The summed E-state index contributed by atoms with van der Waals surface area (Å²) in [5.41, 5.74) is 10.7. The van der Waals surface area contributed by atoms with Crippen LogP contribution in [0.1, 0.15) is 20.8 Å². The highest BCUT2D eigenvalue weighted by atomic mass is 15.1. The summed E-state index contributed by atoms with van der Waals surface area (Å²) in [5, 5.41) is 7.51. The highest BCUT2D eigenvalue weighted by Gasteiger charge is 2.23. The zero-order chi connectivity index (χ0) is 33.8. The Morgan fingerprint density at radius 2 is 1.02 bits per heavy atom. The fourth-order valence-corrected chi connectivity index (χ4v) is 7.87. The second-order valence-corrected chi connectivity index (χ2v) is 14.2. The van der Waals surface area contributed by atoms with Gasteiger partial charge in [0.05, 0.1) is 11.2 Å². The van der Waals surface area contributed by atoms with Crippen molar-refractivity contribution in [2.75, 3.05) is 4.90 Å². The molecule has 9 aromatic rings. The smallest absolute Gasteiger partial charge is 0.0540 e. The number of rotatable bonds is 5. The van der Waals surface area contributed by atoms with E-state index in [4.69, 9.17) is 0 Å². The summed E-state index contributed by atoms with van der Waals surface area (Å²) in [6.45, 7) is 6.88. The maximum absolute atomic E-state index is 2.50. The van der Waals surface area contributed by atoms with Crippen LogP contribution in [0, 0.1) is 0 Å². The first-order valence-corrected chi connectivity index (χ1v) is 17.4.